The average molecular weight is 528 g/mol. The molecule has 0 radical (unpaired) electrons. The van der Waals surface area contributed by atoms with E-state index in [0.717, 1.165) is 37.1 Å². The van der Waals surface area contributed by atoms with Gasteiger partial charge in [-0.15, -0.1) is 0 Å². The first-order chi connectivity index (χ1) is 14.3. The van der Waals surface area contributed by atoms with Crippen molar-refractivity contribution in [3.05, 3.63) is 36.0 Å². The van der Waals surface area contributed by atoms with Crippen LogP contribution in [0.2, 0.25) is 0 Å². The summed E-state index contributed by atoms with van der Waals surface area (Å²) in [6.45, 7) is 5.68. The molecule has 0 saturated carbocycles. The highest BCUT2D eigenvalue weighted by Gasteiger charge is 2.34. The van der Waals surface area contributed by atoms with E-state index in [0.29, 0.717) is 30.3 Å². The number of halogens is 3. The minimum atomic E-state index is -2.56. The highest BCUT2D eigenvalue weighted by Crippen LogP contribution is 2.36. The third kappa shape index (κ3) is 4.39. The van der Waals surface area contributed by atoms with Gasteiger partial charge in [-0.05, 0) is 49.6 Å². The summed E-state index contributed by atoms with van der Waals surface area (Å²) in [7, 11) is 2.07. The molecule has 0 spiro atoms. The number of likely N-dealkylation sites (tertiary alicyclic amines) is 1. The van der Waals surface area contributed by atoms with Gasteiger partial charge in [0.15, 0.2) is 0 Å². The summed E-state index contributed by atoms with van der Waals surface area (Å²) in [5, 5.41) is 0.743. The van der Waals surface area contributed by atoms with Crippen molar-refractivity contribution in [2.75, 3.05) is 38.1 Å². The summed E-state index contributed by atoms with van der Waals surface area (Å²) < 4.78 is 28.8. The molecular weight excluding hydrogens is 501 g/mol. The maximum atomic E-state index is 13.5. The zero-order valence-corrected chi connectivity index (χ0v) is 19.4. The predicted molar refractivity (Wildman–Crippen MR) is 123 cm³/mol. The lowest BCUT2D eigenvalue weighted by Gasteiger charge is -2.42. The summed E-state index contributed by atoms with van der Waals surface area (Å²) >= 11 is 2.17. The second kappa shape index (κ2) is 8.90. The van der Waals surface area contributed by atoms with Gasteiger partial charge < -0.3 is 9.80 Å². The SMILES string of the molecule is C[C@H]1C[C@@H](N(I)C(=O)CC2CN(C)C2)CN(c2ccc(C(F)F)c3ncccc23)C1. The van der Waals surface area contributed by atoms with E-state index in [2.05, 4.69) is 51.6 Å². The van der Waals surface area contributed by atoms with Gasteiger partial charge in [0.05, 0.1) is 34.4 Å². The molecule has 3 heterocycles. The molecule has 0 unspecified atom stereocenters. The van der Waals surface area contributed by atoms with Crippen LogP contribution in [0.1, 0.15) is 31.8 Å². The second-order valence-corrected chi connectivity index (χ2v) is 9.81. The number of hydrogen-bond acceptors (Lipinski definition) is 4. The second-order valence-electron chi connectivity index (χ2n) is 8.77. The number of nitrogens with zero attached hydrogens (tertiary/aromatic N) is 4. The van der Waals surface area contributed by atoms with Crippen LogP contribution in [0.5, 0.6) is 0 Å². The van der Waals surface area contributed by atoms with Crippen LogP contribution in [0, 0.1) is 11.8 Å². The first-order valence-corrected chi connectivity index (χ1v) is 11.4. The Morgan fingerprint density at radius 3 is 2.73 bits per heavy atom. The van der Waals surface area contributed by atoms with Gasteiger partial charge in [-0.1, -0.05) is 6.92 Å². The molecule has 8 heteroatoms. The first kappa shape index (κ1) is 21.7. The van der Waals surface area contributed by atoms with Crippen molar-refractivity contribution in [3.8, 4) is 0 Å². The number of fused-ring (bicyclic) bond motifs is 1. The van der Waals surface area contributed by atoms with Crippen molar-refractivity contribution in [1.82, 2.24) is 13.0 Å². The van der Waals surface area contributed by atoms with E-state index in [-0.39, 0.29) is 17.5 Å². The summed E-state index contributed by atoms with van der Waals surface area (Å²) in [5.74, 6) is 1.03. The number of benzene rings is 1. The van der Waals surface area contributed by atoms with Gasteiger partial charge >= 0.3 is 0 Å². The Balaban J connectivity index is 1.55. The monoisotopic (exact) mass is 528 g/mol. The zero-order valence-electron chi connectivity index (χ0n) is 17.3. The number of amides is 1. The van der Waals surface area contributed by atoms with E-state index in [9.17, 15) is 13.6 Å². The van der Waals surface area contributed by atoms with Crippen molar-refractivity contribution < 1.29 is 13.6 Å². The number of anilines is 1. The molecule has 4 rings (SSSR count). The summed E-state index contributed by atoms with van der Waals surface area (Å²) in [6.07, 6.45) is 0.537. The largest absolute Gasteiger partial charge is 0.369 e. The van der Waals surface area contributed by atoms with E-state index in [4.69, 9.17) is 0 Å². The molecule has 1 aromatic heterocycles. The highest BCUT2D eigenvalue weighted by atomic mass is 127. The molecule has 0 N–H and O–H groups in total. The van der Waals surface area contributed by atoms with Crippen molar-refractivity contribution in [2.45, 2.75) is 32.2 Å². The van der Waals surface area contributed by atoms with E-state index < -0.39 is 6.43 Å². The minimum Gasteiger partial charge on any atom is -0.369 e. The van der Waals surface area contributed by atoms with E-state index >= 15 is 0 Å². The maximum Gasteiger partial charge on any atom is 0.265 e. The van der Waals surface area contributed by atoms with Crippen LogP contribution in [0.25, 0.3) is 10.9 Å². The molecule has 5 nitrogen and oxygen atoms in total. The molecular formula is C22H27F2IN4O. The summed E-state index contributed by atoms with van der Waals surface area (Å²) in [5.41, 5.74) is 1.24. The lowest BCUT2D eigenvalue weighted by Crippen LogP contribution is -2.51. The van der Waals surface area contributed by atoms with Gasteiger partial charge in [-0.25, -0.2) is 8.78 Å². The first-order valence-electron chi connectivity index (χ1n) is 10.4. The Morgan fingerprint density at radius 2 is 2.03 bits per heavy atom. The Bertz CT molecular complexity index is 921. The molecule has 30 heavy (non-hydrogen) atoms. The number of piperidine rings is 1. The van der Waals surface area contributed by atoms with E-state index in [1.807, 2.05) is 9.18 Å². The fourth-order valence-corrected chi connectivity index (χ4v) is 5.41. The number of rotatable bonds is 5. The van der Waals surface area contributed by atoms with Crippen LogP contribution < -0.4 is 4.90 Å². The Kier molecular flexibility index (Phi) is 6.43. The molecule has 2 aliphatic heterocycles. The van der Waals surface area contributed by atoms with Crippen molar-refractivity contribution in [3.63, 3.8) is 0 Å². The van der Waals surface area contributed by atoms with Crippen LogP contribution in [0.15, 0.2) is 30.5 Å². The Labute approximate surface area is 189 Å². The van der Waals surface area contributed by atoms with Gasteiger partial charge in [0, 0.05) is 55.4 Å². The lowest BCUT2D eigenvalue weighted by atomic mass is 9.93. The van der Waals surface area contributed by atoms with Gasteiger partial charge in [0.2, 0.25) is 5.91 Å². The summed E-state index contributed by atoms with van der Waals surface area (Å²) in [6, 6.07) is 7.02. The number of alkyl halides is 2. The van der Waals surface area contributed by atoms with Crippen LogP contribution in [-0.2, 0) is 4.79 Å². The van der Waals surface area contributed by atoms with Crippen molar-refractivity contribution in [1.29, 1.82) is 0 Å². The zero-order chi connectivity index (χ0) is 21.4. The van der Waals surface area contributed by atoms with Gasteiger partial charge in [-0.3, -0.25) is 12.9 Å². The predicted octanol–water partition coefficient (Wildman–Crippen LogP) is 4.52. The molecule has 162 valence electrons. The van der Waals surface area contributed by atoms with Crippen molar-refractivity contribution in [2.24, 2.45) is 11.8 Å². The lowest BCUT2D eigenvalue weighted by molar-refractivity contribution is -0.128. The smallest absolute Gasteiger partial charge is 0.265 e. The minimum absolute atomic E-state index is 0.0351. The van der Waals surface area contributed by atoms with Crippen molar-refractivity contribution >= 4 is 45.4 Å². The number of carbonyl (C=O) groups excluding carboxylic acids is 1. The molecule has 2 aliphatic rings. The summed E-state index contributed by atoms with van der Waals surface area (Å²) in [4.78, 5) is 21.5. The Hall–Kier alpha value is -1.55. The fourth-order valence-electron chi connectivity index (χ4n) is 4.81. The molecule has 2 atom stereocenters. The number of hydrogen-bond donors (Lipinski definition) is 0. The number of pyridine rings is 1. The molecule has 0 aliphatic carbocycles. The molecule has 1 amide bonds. The average Bonchev–Trinajstić information content (AvgIpc) is 2.70. The van der Waals surface area contributed by atoms with Crippen LogP contribution in [-0.4, -0.2) is 58.2 Å². The van der Waals surface area contributed by atoms with Gasteiger partial charge in [-0.2, -0.15) is 0 Å². The van der Waals surface area contributed by atoms with Gasteiger partial charge in [0.1, 0.15) is 0 Å². The number of carbonyl (C=O) groups is 1. The van der Waals surface area contributed by atoms with Crippen LogP contribution >= 0.6 is 22.9 Å². The topological polar surface area (TPSA) is 39.7 Å². The normalized spacial score (nSPS) is 23.1. The molecule has 0 bridgehead atoms. The maximum absolute atomic E-state index is 13.5. The number of aromatic nitrogens is 1. The molecule has 2 saturated heterocycles. The fraction of sp³-hybridized carbons (Fsp3) is 0.545. The third-order valence-electron chi connectivity index (χ3n) is 6.15. The van der Waals surface area contributed by atoms with Gasteiger partial charge in [0.25, 0.3) is 6.43 Å². The van der Waals surface area contributed by atoms with Crippen LogP contribution in [0.4, 0.5) is 14.5 Å². The van der Waals surface area contributed by atoms with E-state index in [1.54, 1.807) is 18.3 Å². The molecule has 1 aromatic carbocycles. The Morgan fingerprint density at radius 1 is 1.27 bits per heavy atom. The third-order valence-corrected chi connectivity index (χ3v) is 7.48. The molecule has 2 aromatic rings. The standard InChI is InChI=1S/C22H27F2IN4O/c1-14-8-16(29(25)20(30)9-15-11-27(2)12-15)13-28(10-14)19-6-5-18(22(23)24)21-17(19)4-3-7-26-21/h3-7,14-16,22H,8-13H2,1-2H3/t14-,16+/m0/s1. The van der Waals surface area contributed by atoms with E-state index in [1.165, 1.54) is 6.07 Å². The molecule has 2 fully saturated rings. The highest BCUT2D eigenvalue weighted by molar-refractivity contribution is 14.1. The quantitative estimate of drug-likeness (QED) is 0.423. The van der Waals surface area contributed by atoms with Crippen LogP contribution in [0.3, 0.4) is 0 Å².